The maximum absolute atomic E-state index is 2.51. The van der Waals surface area contributed by atoms with E-state index in [1.807, 2.05) is 0 Å². The fourth-order valence-electron chi connectivity index (χ4n) is 8.22. The highest BCUT2D eigenvalue weighted by Gasteiger charge is 2.25. The van der Waals surface area contributed by atoms with Crippen molar-refractivity contribution in [1.29, 1.82) is 0 Å². The zero-order chi connectivity index (χ0) is 38.2. The molecule has 8 aromatic rings. The van der Waals surface area contributed by atoms with E-state index >= 15 is 0 Å². The molecule has 0 spiro atoms. The minimum absolute atomic E-state index is 0.272. The van der Waals surface area contributed by atoms with Gasteiger partial charge in [0, 0.05) is 0 Å². The Bertz CT molecular complexity index is 2590. The van der Waals surface area contributed by atoms with E-state index in [2.05, 4.69) is 217 Å². The molecule has 55 heavy (non-hydrogen) atoms. The Balaban J connectivity index is 1.38. The van der Waals surface area contributed by atoms with Crippen LogP contribution in [0.25, 0.3) is 77.2 Å². The molecule has 0 saturated carbocycles. The molecule has 1 heteroatoms. The van der Waals surface area contributed by atoms with Crippen molar-refractivity contribution in [3.8, 4) is 55.6 Å². The second-order valence-corrected chi connectivity index (χ2v) is 19.7. The molecular weight excluding hydrogens is 680 g/mol. The summed E-state index contributed by atoms with van der Waals surface area (Å²) < 4.78 is 0. The molecule has 0 saturated heterocycles. The second-order valence-electron chi connectivity index (χ2n) is 17.5. The first kappa shape index (κ1) is 36.7. The first-order valence-corrected chi connectivity index (χ1v) is 21.4. The standard InChI is InChI=1S/C54H51P/c1-53(2,3)36-55(37-54(4,5)6)46-27-17-24-42(34-46)43-30-31-49-50(35-43)52(45-26-16-23-41(33-45)39-20-11-8-12-21-39)48-29-14-13-28-47(48)51(49)44-25-15-22-40(32-44)38-18-9-7-10-19-38/h7-35H,36-37H2,1-6H3. The van der Waals surface area contributed by atoms with E-state index in [9.17, 15) is 0 Å². The summed E-state index contributed by atoms with van der Waals surface area (Å²) in [6.07, 6.45) is 2.44. The third kappa shape index (κ3) is 8.08. The average molecular weight is 731 g/mol. The van der Waals surface area contributed by atoms with Gasteiger partial charge in [-0.05, 0) is 130 Å². The Morgan fingerprint density at radius 3 is 1.20 bits per heavy atom. The van der Waals surface area contributed by atoms with E-state index in [-0.39, 0.29) is 18.8 Å². The summed E-state index contributed by atoms with van der Waals surface area (Å²) in [5, 5.41) is 6.59. The molecule has 8 aromatic carbocycles. The lowest BCUT2D eigenvalue weighted by molar-refractivity contribution is 0.460. The Morgan fingerprint density at radius 2 is 0.691 bits per heavy atom. The topological polar surface area (TPSA) is 0 Å². The predicted octanol–water partition coefficient (Wildman–Crippen LogP) is 15.5. The van der Waals surface area contributed by atoms with Gasteiger partial charge in [-0.15, -0.1) is 0 Å². The van der Waals surface area contributed by atoms with Crippen molar-refractivity contribution < 1.29 is 0 Å². The summed E-state index contributed by atoms with van der Waals surface area (Å²) >= 11 is 0. The second kappa shape index (κ2) is 15.1. The molecule has 0 amide bonds. The van der Waals surface area contributed by atoms with Crippen LogP contribution in [0.5, 0.6) is 0 Å². The van der Waals surface area contributed by atoms with Crippen LogP contribution in [0.3, 0.4) is 0 Å². The molecule has 0 unspecified atom stereocenters. The van der Waals surface area contributed by atoms with Gasteiger partial charge in [0.05, 0.1) is 0 Å². The molecule has 8 rings (SSSR count). The van der Waals surface area contributed by atoms with Crippen molar-refractivity contribution >= 4 is 34.8 Å². The molecule has 0 nitrogen and oxygen atoms in total. The molecule has 0 fully saturated rings. The van der Waals surface area contributed by atoms with Gasteiger partial charge in [-0.2, -0.15) is 0 Å². The highest BCUT2D eigenvalue weighted by Crippen LogP contribution is 2.48. The molecule has 0 aliphatic heterocycles. The van der Waals surface area contributed by atoms with Gasteiger partial charge in [-0.25, -0.2) is 0 Å². The van der Waals surface area contributed by atoms with Crippen molar-refractivity contribution in [3.05, 3.63) is 176 Å². The Kier molecular flexibility index (Phi) is 10.1. The molecule has 0 N–H and O–H groups in total. The van der Waals surface area contributed by atoms with Gasteiger partial charge in [-0.1, -0.05) is 201 Å². The summed E-state index contributed by atoms with van der Waals surface area (Å²) in [7, 11) is -0.323. The van der Waals surface area contributed by atoms with Crippen molar-refractivity contribution in [2.45, 2.75) is 41.5 Å². The van der Waals surface area contributed by atoms with Crippen LogP contribution in [0, 0.1) is 10.8 Å². The van der Waals surface area contributed by atoms with E-state index in [1.165, 1.54) is 94.8 Å². The Morgan fingerprint density at radius 1 is 0.309 bits per heavy atom. The van der Waals surface area contributed by atoms with Gasteiger partial charge in [0.15, 0.2) is 0 Å². The lowest BCUT2D eigenvalue weighted by Gasteiger charge is -2.32. The smallest absolute Gasteiger partial charge is 0.00259 e. The molecule has 0 aromatic heterocycles. The number of hydrogen-bond acceptors (Lipinski definition) is 0. The summed E-state index contributed by atoms with van der Waals surface area (Å²) in [5.41, 5.74) is 13.0. The third-order valence-electron chi connectivity index (χ3n) is 10.4. The van der Waals surface area contributed by atoms with Crippen molar-refractivity contribution in [1.82, 2.24) is 0 Å². The quantitative estimate of drug-likeness (QED) is 0.108. The van der Waals surface area contributed by atoms with E-state index < -0.39 is 0 Å². The first-order valence-electron chi connectivity index (χ1n) is 19.7. The minimum atomic E-state index is -0.323. The fraction of sp³-hybridized carbons (Fsp3) is 0.185. The molecule has 0 aliphatic rings. The number of benzene rings is 8. The van der Waals surface area contributed by atoms with E-state index in [0.29, 0.717) is 0 Å². The van der Waals surface area contributed by atoms with Crippen molar-refractivity contribution in [3.63, 3.8) is 0 Å². The van der Waals surface area contributed by atoms with Gasteiger partial charge in [-0.3, -0.25) is 0 Å². The SMILES string of the molecule is CC(C)(C)CP(CC(C)(C)C)c1cccc(-c2ccc3c(-c4cccc(-c5ccccc5)c4)c4ccccc4c(-c4cccc(-c5ccccc5)c4)c3c2)c1. The van der Waals surface area contributed by atoms with Crippen molar-refractivity contribution in [2.75, 3.05) is 12.3 Å². The van der Waals surface area contributed by atoms with Crippen LogP contribution in [0.2, 0.25) is 0 Å². The summed E-state index contributed by atoms with van der Waals surface area (Å²) in [6.45, 7) is 14.4. The number of rotatable bonds is 8. The maximum atomic E-state index is 2.51. The monoisotopic (exact) mass is 730 g/mol. The van der Waals surface area contributed by atoms with Gasteiger partial charge in [0.25, 0.3) is 0 Å². The van der Waals surface area contributed by atoms with Crippen LogP contribution in [-0.4, -0.2) is 12.3 Å². The highest BCUT2D eigenvalue weighted by atomic mass is 31.1. The zero-order valence-corrected chi connectivity index (χ0v) is 34.0. The van der Waals surface area contributed by atoms with Gasteiger partial charge < -0.3 is 0 Å². The lowest BCUT2D eigenvalue weighted by Crippen LogP contribution is -2.22. The van der Waals surface area contributed by atoms with Crippen LogP contribution >= 0.6 is 7.92 Å². The van der Waals surface area contributed by atoms with E-state index in [4.69, 9.17) is 0 Å². The predicted molar refractivity (Wildman–Crippen MR) is 244 cm³/mol. The molecule has 0 bridgehead atoms. The number of hydrogen-bond donors (Lipinski definition) is 0. The van der Waals surface area contributed by atoms with Crippen LogP contribution in [0.15, 0.2) is 176 Å². The van der Waals surface area contributed by atoms with Crippen molar-refractivity contribution in [2.24, 2.45) is 10.8 Å². The molecule has 0 heterocycles. The summed E-state index contributed by atoms with van der Waals surface area (Å²) in [5.74, 6) is 0. The maximum Gasteiger partial charge on any atom is -0.00259 e. The van der Waals surface area contributed by atoms with Crippen LogP contribution in [-0.2, 0) is 0 Å². The van der Waals surface area contributed by atoms with Crippen LogP contribution in [0.1, 0.15) is 41.5 Å². The van der Waals surface area contributed by atoms with Crippen LogP contribution < -0.4 is 5.30 Å². The highest BCUT2D eigenvalue weighted by molar-refractivity contribution is 7.65. The molecular formula is C54H51P. The van der Waals surface area contributed by atoms with Gasteiger partial charge in [0.1, 0.15) is 0 Å². The molecule has 272 valence electrons. The van der Waals surface area contributed by atoms with Gasteiger partial charge in [0.2, 0.25) is 0 Å². The normalized spacial score (nSPS) is 12.1. The third-order valence-corrected chi connectivity index (χ3v) is 14.1. The van der Waals surface area contributed by atoms with Crippen LogP contribution in [0.4, 0.5) is 0 Å². The Labute approximate surface area is 329 Å². The fourth-order valence-corrected chi connectivity index (χ4v) is 11.6. The average Bonchev–Trinajstić information content (AvgIpc) is 3.19. The first-order chi connectivity index (χ1) is 26.5. The zero-order valence-electron chi connectivity index (χ0n) is 33.1. The molecule has 0 atom stereocenters. The summed E-state index contributed by atoms with van der Waals surface area (Å²) in [6, 6.07) is 65.5. The summed E-state index contributed by atoms with van der Waals surface area (Å²) in [4.78, 5) is 0. The lowest BCUT2D eigenvalue weighted by atomic mass is 9.84. The van der Waals surface area contributed by atoms with E-state index in [0.717, 1.165) is 0 Å². The van der Waals surface area contributed by atoms with E-state index in [1.54, 1.807) is 0 Å². The number of fused-ring (bicyclic) bond motifs is 2. The minimum Gasteiger partial charge on any atom is -0.0742 e. The van der Waals surface area contributed by atoms with Gasteiger partial charge >= 0.3 is 0 Å². The molecule has 0 aliphatic carbocycles. The Hall–Kier alpha value is -5.29. The largest absolute Gasteiger partial charge is 0.0742 e. The molecule has 0 radical (unpaired) electrons.